The van der Waals surface area contributed by atoms with E-state index in [4.69, 9.17) is 10.9 Å². The molecule has 106 valence electrons. The number of rotatable bonds is 5. The van der Waals surface area contributed by atoms with E-state index in [0.29, 0.717) is 10.8 Å². The number of hydrogen-bond donors (Lipinski definition) is 3. The van der Waals surface area contributed by atoms with E-state index in [-0.39, 0.29) is 12.5 Å². The van der Waals surface area contributed by atoms with Crippen LogP contribution < -0.4 is 11.3 Å². The fourth-order valence-corrected chi connectivity index (χ4v) is 3.54. The number of aliphatic hydroxyl groups is 1. The van der Waals surface area contributed by atoms with Crippen molar-refractivity contribution in [3.63, 3.8) is 0 Å². The van der Waals surface area contributed by atoms with Crippen molar-refractivity contribution in [2.75, 3.05) is 19.7 Å². The molecule has 5 nitrogen and oxygen atoms in total. The van der Waals surface area contributed by atoms with Crippen molar-refractivity contribution >= 4 is 17.2 Å². The number of aliphatic hydroxyl groups excluding tert-OH is 1. The fourth-order valence-electron chi connectivity index (χ4n) is 2.59. The van der Waals surface area contributed by atoms with Gasteiger partial charge in [0.25, 0.3) is 5.91 Å². The lowest BCUT2D eigenvalue weighted by atomic mass is 9.95. The summed E-state index contributed by atoms with van der Waals surface area (Å²) < 4.78 is 0. The topological polar surface area (TPSA) is 78.6 Å². The number of nitrogens with one attached hydrogen (secondary N) is 1. The molecule has 1 aromatic heterocycles. The highest BCUT2D eigenvalue weighted by molar-refractivity contribution is 7.14. The van der Waals surface area contributed by atoms with Gasteiger partial charge in [0, 0.05) is 24.6 Å². The molecule has 1 aromatic rings. The van der Waals surface area contributed by atoms with E-state index in [0.717, 1.165) is 26.1 Å². The molecule has 6 heteroatoms. The third kappa shape index (κ3) is 4.01. The molecule has 1 aliphatic rings. The molecule has 1 aliphatic heterocycles. The number of nitrogens with zero attached hydrogens (tertiary/aromatic N) is 1. The van der Waals surface area contributed by atoms with Crippen LogP contribution in [0.4, 0.5) is 0 Å². The molecule has 1 saturated heterocycles. The third-order valence-corrected chi connectivity index (χ3v) is 4.61. The van der Waals surface area contributed by atoms with Gasteiger partial charge in [0.2, 0.25) is 0 Å². The monoisotopic (exact) mass is 283 g/mol. The first-order valence-electron chi connectivity index (χ1n) is 6.65. The van der Waals surface area contributed by atoms with E-state index >= 15 is 0 Å². The SMILES string of the molecule is NNC(=O)c1ccc(CN2CCCC(CCO)C2)s1. The number of nitrogens with two attached hydrogens (primary N) is 1. The van der Waals surface area contributed by atoms with Gasteiger partial charge in [-0.25, -0.2) is 5.84 Å². The van der Waals surface area contributed by atoms with Crippen molar-refractivity contribution in [1.82, 2.24) is 10.3 Å². The van der Waals surface area contributed by atoms with Gasteiger partial charge < -0.3 is 5.11 Å². The van der Waals surface area contributed by atoms with Gasteiger partial charge in [-0.3, -0.25) is 15.1 Å². The van der Waals surface area contributed by atoms with Crippen molar-refractivity contribution < 1.29 is 9.90 Å². The van der Waals surface area contributed by atoms with Crippen molar-refractivity contribution in [2.45, 2.75) is 25.8 Å². The number of hydrogen-bond acceptors (Lipinski definition) is 5. The summed E-state index contributed by atoms with van der Waals surface area (Å²) in [5, 5.41) is 9.01. The Kier molecular flexibility index (Phi) is 5.33. The van der Waals surface area contributed by atoms with Crippen LogP contribution in [0.1, 0.15) is 33.8 Å². The van der Waals surface area contributed by atoms with Gasteiger partial charge in [-0.05, 0) is 43.9 Å². The average Bonchev–Trinajstić information content (AvgIpc) is 2.87. The van der Waals surface area contributed by atoms with Crippen LogP contribution in [0.2, 0.25) is 0 Å². The fraction of sp³-hybridized carbons (Fsp3) is 0.615. The first kappa shape index (κ1) is 14.5. The minimum absolute atomic E-state index is 0.229. The number of hydrazine groups is 1. The van der Waals surface area contributed by atoms with Crippen LogP contribution in [0, 0.1) is 5.92 Å². The Morgan fingerprint density at radius 3 is 3.16 bits per heavy atom. The molecule has 4 N–H and O–H groups in total. The molecule has 1 fully saturated rings. The molecule has 1 amide bonds. The Labute approximate surface area is 117 Å². The molecule has 1 atom stereocenters. The summed E-state index contributed by atoms with van der Waals surface area (Å²) in [5.74, 6) is 5.50. The normalized spacial score (nSPS) is 20.4. The summed E-state index contributed by atoms with van der Waals surface area (Å²) in [6, 6.07) is 3.81. The zero-order valence-corrected chi connectivity index (χ0v) is 11.8. The number of thiophene rings is 1. The van der Waals surface area contributed by atoms with E-state index in [1.807, 2.05) is 12.1 Å². The summed E-state index contributed by atoms with van der Waals surface area (Å²) in [6.07, 6.45) is 3.29. The number of piperidine rings is 1. The van der Waals surface area contributed by atoms with E-state index in [2.05, 4.69) is 10.3 Å². The summed E-state index contributed by atoms with van der Waals surface area (Å²) in [4.78, 5) is 15.6. The Morgan fingerprint density at radius 2 is 2.42 bits per heavy atom. The van der Waals surface area contributed by atoms with Gasteiger partial charge in [-0.2, -0.15) is 0 Å². The Morgan fingerprint density at radius 1 is 1.58 bits per heavy atom. The molecule has 2 heterocycles. The second-order valence-corrected chi connectivity index (χ2v) is 6.16. The zero-order chi connectivity index (χ0) is 13.7. The zero-order valence-electron chi connectivity index (χ0n) is 11.0. The second kappa shape index (κ2) is 7.00. The summed E-state index contributed by atoms with van der Waals surface area (Å²) >= 11 is 1.49. The Hall–Kier alpha value is -0.950. The molecule has 0 saturated carbocycles. The first-order valence-corrected chi connectivity index (χ1v) is 7.47. The quantitative estimate of drug-likeness (QED) is 0.427. The van der Waals surface area contributed by atoms with Gasteiger partial charge in [-0.15, -0.1) is 11.3 Å². The van der Waals surface area contributed by atoms with Crippen molar-refractivity contribution in [3.05, 3.63) is 21.9 Å². The number of carbonyl (C=O) groups excluding carboxylic acids is 1. The summed E-state index contributed by atoms with van der Waals surface area (Å²) in [7, 11) is 0. The van der Waals surface area contributed by atoms with Crippen LogP contribution in [-0.2, 0) is 6.54 Å². The van der Waals surface area contributed by atoms with Gasteiger partial charge in [0.15, 0.2) is 0 Å². The number of amides is 1. The summed E-state index contributed by atoms with van der Waals surface area (Å²) in [6.45, 7) is 3.29. The standard InChI is InChI=1S/C13H21N3O2S/c14-15-13(18)12-4-3-11(19-12)9-16-6-1-2-10(8-16)5-7-17/h3-4,10,17H,1-2,5-9,14H2,(H,15,18). The summed E-state index contributed by atoms with van der Waals surface area (Å²) in [5.41, 5.74) is 2.15. The van der Waals surface area contributed by atoms with Gasteiger partial charge in [0.1, 0.15) is 0 Å². The van der Waals surface area contributed by atoms with Crippen LogP contribution in [0.25, 0.3) is 0 Å². The van der Waals surface area contributed by atoms with Crippen molar-refractivity contribution in [2.24, 2.45) is 11.8 Å². The lowest BCUT2D eigenvalue weighted by Gasteiger charge is -2.32. The van der Waals surface area contributed by atoms with E-state index in [9.17, 15) is 4.79 Å². The van der Waals surface area contributed by atoms with Crippen molar-refractivity contribution in [1.29, 1.82) is 0 Å². The Balaban J connectivity index is 1.89. The van der Waals surface area contributed by atoms with Crippen LogP contribution in [0.5, 0.6) is 0 Å². The molecule has 0 aliphatic carbocycles. The lowest BCUT2D eigenvalue weighted by Crippen LogP contribution is -2.35. The Bertz CT molecular complexity index is 420. The van der Waals surface area contributed by atoms with Gasteiger partial charge in [-0.1, -0.05) is 0 Å². The molecule has 19 heavy (non-hydrogen) atoms. The number of likely N-dealkylation sites (tertiary alicyclic amines) is 1. The van der Waals surface area contributed by atoms with Crippen LogP contribution >= 0.6 is 11.3 Å². The highest BCUT2D eigenvalue weighted by Crippen LogP contribution is 2.23. The van der Waals surface area contributed by atoms with E-state index in [1.165, 1.54) is 29.1 Å². The molecule has 0 radical (unpaired) electrons. The molecule has 1 unspecified atom stereocenters. The van der Waals surface area contributed by atoms with Crippen LogP contribution in [0.3, 0.4) is 0 Å². The highest BCUT2D eigenvalue weighted by Gasteiger charge is 2.20. The first-order chi connectivity index (χ1) is 9.22. The van der Waals surface area contributed by atoms with Crippen LogP contribution in [0.15, 0.2) is 12.1 Å². The number of carbonyl (C=O) groups is 1. The molecule has 2 rings (SSSR count). The predicted octanol–water partition coefficient (Wildman–Crippen LogP) is 0.946. The van der Waals surface area contributed by atoms with Crippen molar-refractivity contribution in [3.8, 4) is 0 Å². The van der Waals surface area contributed by atoms with Gasteiger partial charge in [0.05, 0.1) is 4.88 Å². The molecule has 0 spiro atoms. The molecular weight excluding hydrogens is 262 g/mol. The maximum Gasteiger partial charge on any atom is 0.275 e. The van der Waals surface area contributed by atoms with E-state index < -0.39 is 0 Å². The maximum absolute atomic E-state index is 11.4. The smallest absolute Gasteiger partial charge is 0.275 e. The minimum Gasteiger partial charge on any atom is -0.396 e. The predicted molar refractivity (Wildman–Crippen MR) is 75.7 cm³/mol. The van der Waals surface area contributed by atoms with E-state index in [1.54, 1.807) is 0 Å². The largest absolute Gasteiger partial charge is 0.396 e. The van der Waals surface area contributed by atoms with Gasteiger partial charge >= 0.3 is 0 Å². The number of nitrogen functional groups attached to an aromatic ring is 1. The van der Waals surface area contributed by atoms with Crippen LogP contribution in [-0.4, -0.2) is 35.6 Å². The molecule has 0 bridgehead atoms. The lowest BCUT2D eigenvalue weighted by molar-refractivity contribution is 0.0957. The highest BCUT2D eigenvalue weighted by atomic mass is 32.1. The average molecular weight is 283 g/mol. The third-order valence-electron chi connectivity index (χ3n) is 3.54. The molecular formula is C13H21N3O2S. The maximum atomic E-state index is 11.4. The minimum atomic E-state index is -0.229. The molecule has 0 aromatic carbocycles. The second-order valence-electron chi connectivity index (χ2n) is 5.00.